The first kappa shape index (κ1) is 15.8. The number of amides is 1. The third kappa shape index (κ3) is 3.80. The van der Waals surface area contributed by atoms with Crippen LogP contribution in [0.5, 0.6) is 0 Å². The fourth-order valence-corrected chi connectivity index (χ4v) is 3.30. The van der Waals surface area contributed by atoms with E-state index in [1.54, 1.807) is 0 Å². The van der Waals surface area contributed by atoms with E-state index in [2.05, 4.69) is 36.5 Å². The van der Waals surface area contributed by atoms with Crippen molar-refractivity contribution in [2.24, 2.45) is 0 Å². The van der Waals surface area contributed by atoms with E-state index in [0.29, 0.717) is 6.42 Å². The lowest BCUT2D eigenvalue weighted by Gasteiger charge is -2.35. The molecule has 1 fully saturated rings. The summed E-state index contributed by atoms with van der Waals surface area (Å²) < 4.78 is 0. The minimum atomic E-state index is 0.118. The highest BCUT2D eigenvalue weighted by Crippen LogP contribution is 2.29. The maximum atomic E-state index is 12.9. The molecule has 3 nitrogen and oxygen atoms in total. The Kier molecular flexibility index (Phi) is 5.09. The monoisotopic (exact) mass is 308 g/mol. The molecule has 1 heterocycles. The molecule has 0 radical (unpaired) electrons. The third-order valence-electron chi connectivity index (χ3n) is 4.60. The molecule has 120 valence electrons. The van der Waals surface area contributed by atoms with Gasteiger partial charge in [-0.05, 0) is 18.1 Å². The molecule has 0 unspecified atom stereocenters. The second-order valence-electron chi connectivity index (χ2n) is 6.22. The molecule has 3 rings (SSSR count). The number of rotatable bonds is 4. The van der Waals surface area contributed by atoms with E-state index >= 15 is 0 Å². The standard InChI is InChI=1S/C20H24N2O/c1-16-15-21-12-13-22(16)20(23)14-19(17-8-4-2-5-9-17)18-10-6-3-7-11-18/h2-11,16,19,21H,12-15H2,1H3/t16-/m0/s1. The zero-order valence-corrected chi connectivity index (χ0v) is 13.6. The van der Waals surface area contributed by atoms with Crippen LogP contribution in [0.1, 0.15) is 30.4 Å². The van der Waals surface area contributed by atoms with Gasteiger partial charge in [0.2, 0.25) is 5.91 Å². The Labute approximate surface area is 138 Å². The van der Waals surface area contributed by atoms with Crippen LogP contribution in [0.25, 0.3) is 0 Å². The van der Waals surface area contributed by atoms with Crippen molar-refractivity contribution in [3.8, 4) is 0 Å². The minimum Gasteiger partial charge on any atom is -0.337 e. The summed E-state index contributed by atoms with van der Waals surface area (Å²) >= 11 is 0. The Morgan fingerprint density at radius 3 is 2.17 bits per heavy atom. The molecule has 0 aliphatic carbocycles. The maximum Gasteiger partial charge on any atom is 0.223 e. The topological polar surface area (TPSA) is 32.3 Å². The summed E-state index contributed by atoms with van der Waals surface area (Å²) in [4.78, 5) is 14.9. The predicted octanol–water partition coefficient (Wildman–Crippen LogP) is 3.03. The number of nitrogens with zero attached hydrogens (tertiary/aromatic N) is 1. The van der Waals surface area contributed by atoms with Gasteiger partial charge in [-0.25, -0.2) is 0 Å². The van der Waals surface area contributed by atoms with E-state index in [4.69, 9.17) is 0 Å². The normalized spacial score (nSPS) is 18.2. The second kappa shape index (κ2) is 7.42. The SMILES string of the molecule is C[C@H]1CNCCN1C(=O)CC(c1ccccc1)c1ccccc1. The van der Waals surface area contributed by atoms with E-state index in [1.807, 2.05) is 41.3 Å². The number of hydrogen-bond acceptors (Lipinski definition) is 2. The van der Waals surface area contributed by atoms with Gasteiger partial charge in [-0.2, -0.15) is 0 Å². The van der Waals surface area contributed by atoms with Crippen molar-refractivity contribution in [3.05, 3.63) is 71.8 Å². The van der Waals surface area contributed by atoms with Crippen LogP contribution in [-0.4, -0.2) is 36.5 Å². The van der Waals surface area contributed by atoms with Crippen molar-refractivity contribution in [3.63, 3.8) is 0 Å². The highest BCUT2D eigenvalue weighted by Gasteiger charge is 2.26. The summed E-state index contributed by atoms with van der Waals surface area (Å²) in [6.07, 6.45) is 0.526. The van der Waals surface area contributed by atoms with Crippen LogP contribution >= 0.6 is 0 Å². The highest BCUT2D eigenvalue weighted by atomic mass is 16.2. The number of carbonyl (C=O) groups is 1. The molecule has 1 amide bonds. The summed E-state index contributed by atoms with van der Waals surface area (Å²) in [6.45, 7) is 4.69. The van der Waals surface area contributed by atoms with Gasteiger partial charge in [-0.3, -0.25) is 4.79 Å². The van der Waals surface area contributed by atoms with Gasteiger partial charge in [0.1, 0.15) is 0 Å². The molecule has 0 aromatic heterocycles. The molecular formula is C20H24N2O. The molecule has 23 heavy (non-hydrogen) atoms. The van der Waals surface area contributed by atoms with E-state index in [0.717, 1.165) is 19.6 Å². The zero-order chi connectivity index (χ0) is 16.1. The molecule has 1 aliphatic heterocycles. The first-order valence-corrected chi connectivity index (χ1v) is 8.36. The van der Waals surface area contributed by atoms with Gasteiger partial charge in [0, 0.05) is 38.0 Å². The van der Waals surface area contributed by atoms with Crippen molar-refractivity contribution in [1.29, 1.82) is 0 Å². The van der Waals surface area contributed by atoms with Crippen LogP contribution in [0.15, 0.2) is 60.7 Å². The van der Waals surface area contributed by atoms with Gasteiger partial charge in [0.05, 0.1) is 0 Å². The van der Waals surface area contributed by atoms with Crippen LogP contribution in [-0.2, 0) is 4.79 Å². The van der Waals surface area contributed by atoms with E-state index in [9.17, 15) is 4.79 Å². The Balaban J connectivity index is 1.83. The smallest absolute Gasteiger partial charge is 0.223 e. The summed E-state index contributed by atoms with van der Waals surface area (Å²) in [6, 6.07) is 21.0. The maximum absolute atomic E-state index is 12.9. The van der Waals surface area contributed by atoms with Crippen molar-refractivity contribution < 1.29 is 4.79 Å². The Bertz CT molecular complexity index is 587. The highest BCUT2D eigenvalue weighted by molar-refractivity contribution is 5.78. The number of benzene rings is 2. The largest absolute Gasteiger partial charge is 0.337 e. The molecule has 1 N–H and O–H groups in total. The lowest BCUT2D eigenvalue weighted by molar-refractivity contribution is -0.134. The lowest BCUT2D eigenvalue weighted by Crippen LogP contribution is -2.52. The zero-order valence-electron chi connectivity index (χ0n) is 13.6. The van der Waals surface area contributed by atoms with Crippen molar-refractivity contribution in [2.75, 3.05) is 19.6 Å². The van der Waals surface area contributed by atoms with Crippen LogP contribution in [0.2, 0.25) is 0 Å². The van der Waals surface area contributed by atoms with Crippen LogP contribution in [0.4, 0.5) is 0 Å². The van der Waals surface area contributed by atoms with Gasteiger partial charge in [0.25, 0.3) is 0 Å². The molecular weight excluding hydrogens is 284 g/mol. The van der Waals surface area contributed by atoms with Crippen LogP contribution < -0.4 is 5.32 Å². The molecule has 3 heteroatoms. The number of nitrogens with one attached hydrogen (secondary N) is 1. The average Bonchev–Trinajstić information content (AvgIpc) is 2.61. The average molecular weight is 308 g/mol. The fraction of sp³-hybridized carbons (Fsp3) is 0.350. The Morgan fingerprint density at radius 2 is 1.65 bits per heavy atom. The quantitative estimate of drug-likeness (QED) is 0.941. The van der Waals surface area contributed by atoms with Gasteiger partial charge in [0.15, 0.2) is 0 Å². The fourth-order valence-electron chi connectivity index (χ4n) is 3.30. The summed E-state index contributed by atoms with van der Waals surface area (Å²) in [5.74, 6) is 0.365. The molecule has 0 saturated carbocycles. The van der Waals surface area contributed by atoms with Gasteiger partial charge >= 0.3 is 0 Å². The molecule has 2 aromatic rings. The molecule has 1 aliphatic rings. The first-order chi connectivity index (χ1) is 11.3. The molecule has 1 saturated heterocycles. The molecule has 0 bridgehead atoms. The van der Waals surface area contributed by atoms with E-state index in [-0.39, 0.29) is 17.9 Å². The number of hydrogen-bond donors (Lipinski definition) is 1. The summed E-state index contributed by atoms with van der Waals surface area (Å²) in [5.41, 5.74) is 2.41. The van der Waals surface area contributed by atoms with Crippen molar-refractivity contribution >= 4 is 5.91 Å². The van der Waals surface area contributed by atoms with Gasteiger partial charge < -0.3 is 10.2 Å². The summed E-state index contributed by atoms with van der Waals surface area (Å²) in [7, 11) is 0. The number of carbonyl (C=O) groups excluding carboxylic acids is 1. The second-order valence-corrected chi connectivity index (χ2v) is 6.22. The third-order valence-corrected chi connectivity index (χ3v) is 4.60. The Hall–Kier alpha value is -2.13. The predicted molar refractivity (Wildman–Crippen MR) is 93.4 cm³/mol. The van der Waals surface area contributed by atoms with Crippen LogP contribution in [0, 0.1) is 0 Å². The first-order valence-electron chi connectivity index (χ1n) is 8.36. The van der Waals surface area contributed by atoms with E-state index < -0.39 is 0 Å². The molecule has 1 atom stereocenters. The Morgan fingerprint density at radius 1 is 1.09 bits per heavy atom. The summed E-state index contributed by atoms with van der Waals surface area (Å²) in [5, 5.41) is 3.34. The van der Waals surface area contributed by atoms with Crippen molar-refractivity contribution in [2.45, 2.75) is 25.3 Å². The van der Waals surface area contributed by atoms with Gasteiger partial charge in [-0.15, -0.1) is 0 Å². The van der Waals surface area contributed by atoms with Crippen LogP contribution in [0.3, 0.4) is 0 Å². The number of piperazine rings is 1. The van der Waals surface area contributed by atoms with Crippen molar-refractivity contribution in [1.82, 2.24) is 10.2 Å². The minimum absolute atomic E-state index is 0.118. The molecule has 2 aromatic carbocycles. The molecule has 0 spiro atoms. The van der Waals surface area contributed by atoms with E-state index in [1.165, 1.54) is 11.1 Å². The lowest BCUT2D eigenvalue weighted by atomic mass is 9.88. The van der Waals surface area contributed by atoms with Gasteiger partial charge in [-0.1, -0.05) is 60.7 Å².